The average Bonchev–Trinajstić information content (AvgIpc) is 2.80. The van der Waals surface area contributed by atoms with Gasteiger partial charge in [-0.2, -0.15) is 0 Å². The number of carbonyl (C=O) groups excluding carboxylic acids is 1. The van der Waals surface area contributed by atoms with Crippen LogP contribution in [-0.2, 0) is 11.2 Å². The topological polar surface area (TPSA) is 43.1 Å². The van der Waals surface area contributed by atoms with E-state index in [0.717, 1.165) is 19.3 Å². The first-order valence-electron chi connectivity index (χ1n) is 6.18. The third-order valence-corrected chi connectivity index (χ3v) is 3.70. The van der Waals surface area contributed by atoms with E-state index in [1.54, 1.807) is 18.2 Å². The molecule has 1 aliphatic carbocycles. The highest BCUT2D eigenvalue weighted by molar-refractivity contribution is 5.83. The number of halogens is 1. The van der Waals surface area contributed by atoms with Crippen LogP contribution in [0, 0.1) is 17.7 Å². The predicted molar refractivity (Wildman–Crippen MR) is 65.0 cm³/mol. The minimum atomic E-state index is -0.289. The predicted octanol–water partition coefficient (Wildman–Crippen LogP) is 2.31. The number of ketones is 1. The standard InChI is InChI=1S/C14H18FNO/c15-13-7-2-1-4-10(13)8-14(17)12-6-3-5-11(12)9-16/h1-2,4,7,11-12H,3,5-6,8-9,16H2. The van der Waals surface area contributed by atoms with Crippen molar-refractivity contribution in [3.05, 3.63) is 35.6 Å². The smallest absolute Gasteiger partial charge is 0.140 e. The lowest BCUT2D eigenvalue weighted by molar-refractivity contribution is -0.123. The van der Waals surface area contributed by atoms with Gasteiger partial charge in [0.05, 0.1) is 0 Å². The monoisotopic (exact) mass is 235 g/mol. The molecular weight excluding hydrogens is 217 g/mol. The lowest BCUT2D eigenvalue weighted by Crippen LogP contribution is -2.26. The Balaban J connectivity index is 2.04. The minimum absolute atomic E-state index is 0.0413. The molecule has 2 N–H and O–H groups in total. The van der Waals surface area contributed by atoms with Gasteiger partial charge in [-0.15, -0.1) is 0 Å². The van der Waals surface area contributed by atoms with Crippen LogP contribution in [0.1, 0.15) is 24.8 Å². The van der Waals surface area contributed by atoms with Crippen LogP contribution in [0.2, 0.25) is 0 Å². The Bertz CT molecular complexity index is 405. The maximum atomic E-state index is 13.4. The van der Waals surface area contributed by atoms with Crippen molar-refractivity contribution in [2.75, 3.05) is 6.54 Å². The first-order valence-corrected chi connectivity index (χ1v) is 6.18. The molecule has 0 aliphatic heterocycles. The summed E-state index contributed by atoms with van der Waals surface area (Å²) in [6.07, 6.45) is 3.21. The van der Waals surface area contributed by atoms with Gasteiger partial charge in [-0.3, -0.25) is 4.79 Å². The van der Waals surface area contributed by atoms with Crippen LogP contribution in [0.3, 0.4) is 0 Å². The highest BCUT2D eigenvalue weighted by atomic mass is 19.1. The van der Waals surface area contributed by atoms with Gasteiger partial charge < -0.3 is 5.73 Å². The highest BCUT2D eigenvalue weighted by Crippen LogP contribution is 2.32. The zero-order valence-corrected chi connectivity index (χ0v) is 9.86. The molecule has 1 aromatic rings. The maximum Gasteiger partial charge on any atom is 0.140 e. The van der Waals surface area contributed by atoms with E-state index in [9.17, 15) is 9.18 Å². The molecule has 0 heterocycles. The first kappa shape index (κ1) is 12.2. The summed E-state index contributed by atoms with van der Waals surface area (Å²) in [5.74, 6) is 0.195. The van der Waals surface area contributed by atoms with Crippen molar-refractivity contribution in [2.45, 2.75) is 25.7 Å². The van der Waals surface area contributed by atoms with E-state index in [-0.39, 0.29) is 23.9 Å². The molecule has 3 heteroatoms. The van der Waals surface area contributed by atoms with Gasteiger partial charge in [-0.05, 0) is 36.9 Å². The van der Waals surface area contributed by atoms with Gasteiger partial charge in [0.1, 0.15) is 11.6 Å². The summed E-state index contributed by atoms with van der Waals surface area (Å²) in [5.41, 5.74) is 6.16. The van der Waals surface area contributed by atoms with Crippen LogP contribution >= 0.6 is 0 Å². The van der Waals surface area contributed by atoms with Crippen molar-refractivity contribution in [1.29, 1.82) is 0 Å². The van der Waals surface area contributed by atoms with E-state index in [0.29, 0.717) is 18.0 Å². The van der Waals surface area contributed by atoms with E-state index in [4.69, 9.17) is 5.73 Å². The summed E-state index contributed by atoms with van der Waals surface area (Å²) in [5, 5.41) is 0. The summed E-state index contributed by atoms with van der Waals surface area (Å²) in [4.78, 5) is 12.1. The Hall–Kier alpha value is -1.22. The van der Waals surface area contributed by atoms with E-state index in [1.807, 2.05) is 0 Å². The number of hydrogen-bond donors (Lipinski definition) is 1. The number of carbonyl (C=O) groups is 1. The molecule has 2 atom stereocenters. The van der Waals surface area contributed by atoms with Crippen molar-refractivity contribution in [3.63, 3.8) is 0 Å². The summed E-state index contributed by atoms with van der Waals surface area (Å²) in [7, 11) is 0. The molecular formula is C14H18FNO. The van der Waals surface area contributed by atoms with Gasteiger partial charge in [0, 0.05) is 12.3 Å². The van der Waals surface area contributed by atoms with Crippen LogP contribution in [0.25, 0.3) is 0 Å². The molecule has 0 spiro atoms. The molecule has 17 heavy (non-hydrogen) atoms. The first-order chi connectivity index (χ1) is 8.22. The molecule has 1 aliphatic rings. The van der Waals surface area contributed by atoms with E-state index >= 15 is 0 Å². The SMILES string of the molecule is NCC1CCCC1C(=O)Cc1ccccc1F. The molecule has 0 aromatic heterocycles. The molecule has 1 saturated carbocycles. The van der Waals surface area contributed by atoms with Crippen LogP contribution in [0.5, 0.6) is 0 Å². The highest BCUT2D eigenvalue weighted by Gasteiger charge is 2.31. The molecule has 92 valence electrons. The second-order valence-corrected chi connectivity index (χ2v) is 4.77. The van der Waals surface area contributed by atoms with Crippen LogP contribution in [0.4, 0.5) is 4.39 Å². The number of rotatable bonds is 4. The van der Waals surface area contributed by atoms with Gasteiger partial charge in [0.25, 0.3) is 0 Å². The molecule has 0 amide bonds. The Labute approximate surface area is 101 Å². The van der Waals surface area contributed by atoms with Gasteiger partial charge >= 0.3 is 0 Å². The summed E-state index contributed by atoms with van der Waals surface area (Å²) >= 11 is 0. The van der Waals surface area contributed by atoms with Crippen molar-refractivity contribution < 1.29 is 9.18 Å². The van der Waals surface area contributed by atoms with Gasteiger partial charge in [0.2, 0.25) is 0 Å². The zero-order chi connectivity index (χ0) is 12.3. The third kappa shape index (κ3) is 2.72. The molecule has 2 rings (SSSR count). The lowest BCUT2D eigenvalue weighted by Gasteiger charge is -2.16. The molecule has 0 bridgehead atoms. The van der Waals surface area contributed by atoms with Gasteiger partial charge in [-0.1, -0.05) is 24.6 Å². The zero-order valence-electron chi connectivity index (χ0n) is 9.86. The molecule has 0 radical (unpaired) electrons. The van der Waals surface area contributed by atoms with Crippen molar-refractivity contribution in [2.24, 2.45) is 17.6 Å². The molecule has 1 fully saturated rings. The minimum Gasteiger partial charge on any atom is -0.330 e. The fourth-order valence-corrected chi connectivity index (χ4v) is 2.70. The Kier molecular flexibility index (Phi) is 3.89. The summed E-state index contributed by atoms with van der Waals surface area (Å²) < 4.78 is 13.4. The fourth-order valence-electron chi connectivity index (χ4n) is 2.70. The quantitative estimate of drug-likeness (QED) is 0.870. The fraction of sp³-hybridized carbons (Fsp3) is 0.500. The number of nitrogens with two attached hydrogens (primary N) is 1. The van der Waals surface area contributed by atoms with Crippen LogP contribution in [0.15, 0.2) is 24.3 Å². The van der Waals surface area contributed by atoms with Crippen LogP contribution < -0.4 is 5.73 Å². The van der Waals surface area contributed by atoms with Gasteiger partial charge in [0.15, 0.2) is 0 Å². The number of benzene rings is 1. The van der Waals surface area contributed by atoms with Crippen LogP contribution in [-0.4, -0.2) is 12.3 Å². The third-order valence-electron chi connectivity index (χ3n) is 3.70. The molecule has 0 saturated heterocycles. The van der Waals surface area contributed by atoms with E-state index in [2.05, 4.69) is 0 Å². The van der Waals surface area contributed by atoms with Crippen molar-refractivity contribution in [1.82, 2.24) is 0 Å². The summed E-state index contributed by atoms with van der Waals surface area (Å²) in [6.45, 7) is 0.563. The van der Waals surface area contributed by atoms with Crippen molar-refractivity contribution >= 4 is 5.78 Å². The Morgan fingerprint density at radius 1 is 1.35 bits per heavy atom. The second-order valence-electron chi connectivity index (χ2n) is 4.77. The average molecular weight is 235 g/mol. The van der Waals surface area contributed by atoms with E-state index < -0.39 is 0 Å². The Morgan fingerprint density at radius 3 is 2.82 bits per heavy atom. The van der Waals surface area contributed by atoms with Crippen molar-refractivity contribution in [3.8, 4) is 0 Å². The normalized spacial score (nSPS) is 23.9. The number of Topliss-reactive ketones (excluding diaryl/α,β-unsaturated/α-hetero) is 1. The maximum absolute atomic E-state index is 13.4. The largest absolute Gasteiger partial charge is 0.330 e. The lowest BCUT2D eigenvalue weighted by atomic mass is 9.89. The Morgan fingerprint density at radius 2 is 2.12 bits per heavy atom. The van der Waals surface area contributed by atoms with E-state index in [1.165, 1.54) is 6.07 Å². The molecule has 1 aromatic carbocycles. The second kappa shape index (κ2) is 5.41. The van der Waals surface area contributed by atoms with Gasteiger partial charge in [-0.25, -0.2) is 4.39 Å². The number of hydrogen-bond acceptors (Lipinski definition) is 2. The molecule has 2 unspecified atom stereocenters. The summed E-state index contributed by atoms with van der Waals surface area (Å²) in [6, 6.07) is 6.49. The molecule has 2 nitrogen and oxygen atoms in total.